The Labute approximate surface area is 162 Å². The second-order valence-electron chi connectivity index (χ2n) is 9.40. The molecule has 154 valence electrons. The first-order valence-corrected chi connectivity index (χ1v) is 12.3. The van der Waals surface area contributed by atoms with Crippen LogP contribution >= 0.6 is 0 Å². The van der Waals surface area contributed by atoms with Crippen molar-refractivity contribution in [2.24, 2.45) is 0 Å². The van der Waals surface area contributed by atoms with Crippen molar-refractivity contribution in [3.8, 4) is 0 Å². The largest absolute Gasteiger partial charge is 0.452 e. The summed E-state index contributed by atoms with van der Waals surface area (Å²) in [5, 5.41) is 0.0791. The van der Waals surface area contributed by atoms with Crippen LogP contribution in [0.2, 0.25) is 18.1 Å². The van der Waals surface area contributed by atoms with E-state index in [0.29, 0.717) is 6.61 Å². The van der Waals surface area contributed by atoms with Crippen LogP contribution in [0.15, 0.2) is 11.6 Å². The molecule has 2 fully saturated rings. The molecule has 0 unspecified atom stereocenters. The molecule has 3 aliphatic heterocycles. The predicted octanol–water partition coefficient (Wildman–Crippen LogP) is 2.75. The number of cyclic esters (lactones) is 1. The number of fused-ring (bicyclic) bond motifs is 1. The minimum absolute atomic E-state index is 0.0791. The molecule has 3 rings (SSSR count). The first kappa shape index (κ1) is 20.9. The standard InChI is InChI=1S/C19H32O7Si/c1-18(2,3)27(7,8)22-10-11-9-12(20)23-13(11)15-14(21-6)16-17(24-15)26-19(4,5)25-16/h9,13-17H,10H2,1-8H3/t13-,14-,15+,16+,17+/m0/s1. The molecular formula is C19H32O7Si. The molecule has 8 heteroatoms. The zero-order valence-corrected chi connectivity index (χ0v) is 18.5. The summed E-state index contributed by atoms with van der Waals surface area (Å²) in [6.07, 6.45) is -0.860. The molecule has 7 nitrogen and oxygen atoms in total. The lowest BCUT2D eigenvalue weighted by Gasteiger charge is -2.37. The highest BCUT2D eigenvalue weighted by atomic mass is 28.4. The van der Waals surface area contributed by atoms with E-state index in [-0.39, 0.29) is 17.1 Å². The molecule has 3 aliphatic rings. The van der Waals surface area contributed by atoms with Crippen LogP contribution in [0.1, 0.15) is 34.6 Å². The van der Waals surface area contributed by atoms with Crippen LogP contribution in [0.25, 0.3) is 0 Å². The van der Waals surface area contributed by atoms with Crippen LogP contribution in [0.4, 0.5) is 0 Å². The summed E-state index contributed by atoms with van der Waals surface area (Å²) in [5.41, 5.74) is 0.774. The number of carbonyl (C=O) groups is 1. The molecule has 27 heavy (non-hydrogen) atoms. The summed E-state index contributed by atoms with van der Waals surface area (Å²) in [4.78, 5) is 12.0. The average molecular weight is 401 g/mol. The van der Waals surface area contributed by atoms with E-state index < -0.39 is 38.7 Å². The fourth-order valence-corrected chi connectivity index (χ4v) is 4.33. The van der Waals surface area contributed by atoms with Gasteiger partial charge in [-0.2, -0.15) is 0 Å². The second kappa shape index (κ2) is 6.93. The Morgan fingerprint density at radius 1 is 1.19 bits per heavy atom. The van der Waals surface area contributed by atoms with Gasteiger partial charge in [0.1, 0.15) is 18.3 Å². The van der Waals surface area contributed by atoms with Gasteiger partial charge >= 0.3 is 5.97 Å². The first-order valence-electron chi connectivity index (χ1n) is 9.43. The maximum absolute atomic E-state index is 12.0. The summed E-state index contributed by atoms with van der Waals surface area (Å²) in [6, 6.07) is 0. The Morgan fingerprint density at radius 2 is 1.85 bits per heavy atom. The third kappa shape index (κ3) is 4.01. The molecule has 0 amide bonds. The van der Waals surface area contributed by atoms with Crippen molar-refractivity contribution in [1.29, 1.82) is 0 Å². The molecule has 2 saturated heterocycles. The van der Waals surface area contributed by atoms with Crippen LogP contribution in [0, 0.1) is 0 Å². The number of ether oxygens (including phenoxy) is 5. The second-order valence-corrected chi connectivity index (χ2v) is 14.2. The summed E-state index contributed by atoms with van der Waals surface area (Å²) < 4.78 is 35.3. The number of rotatable bonds is 5. The van der Waals surface area contributed by atoms with E-state index in [0.717, 1.165) is 5.57 Å². The van der Waals surface area contributed by atoms with Crippen LogP contribution in [0.5, 0.6) is 0 Å². The van der Waals surface area contributed by atoms with E-state index in [1.165, 1.54) is 6.08 Å². The lowest BCUT2D eigenvalue weighted by Crippen LogP contribution is -2.45. The predicted molar refractivity (Wildman–Crippen MR) is 101 cm³/mol. The quantitative estimate of drug-likeness (QED) is 0.519. The third-order valence-corrected chi connectivity index (χ3v) is 10.4. The maximum Gasteiger partial charge on any atom is 0.331 e. The van der Waals surface area contributed by atoms with Gasteiger partial charge in [0.15, 0.2) is 26.5 Å². The van der Waals surface area contributed by atoms with Crippen LogP contribution in [0.3, 0.4) is 0 Å². The van der Waals surface area contributed by atoms with Crippen molar-refractivity contribution >= 4 is 14.3 Å². The lowest BCUT2D eigenvalue weighted by molar-refractivity contribution is -0.226. The topological polar surface area (TPSA) is 72.5 Å². The highest BCUT2D eigenvalue weighted by Gasteiger charge is 2.58. The molecule has 0 aromatic heterocycles. The van der Waals surface area contributed by atoms with Crippen molar-refractivity contribution in [2.75, 3.05) is 13.7 Å². The average Bonchev–Trinajstić information content (AvgIpc) is 3.12. The third-order valence-electron chi connectivity index (χ3n) is 5.92. The van der Waals surface area contributed by atoms with E-state index in [1.807, 2.05) is 13.8 Å². The van der Waals surface area contributed by atoms with Gasteiger partial charge in [-0.15, -0.1) is 0 Å². The Hall–Kier alpha value is -0.773. The Balaban J connectivity index is 1.73. The van der Waals surface area contributed by atoms with E-state index in [4.69, 9.17) is 28.1 Å². The van der Waals surface area contributed by atoms with Crippen LogP contribution in [-0.2, 0) is 32.9 Å². The molecule has 5 atom stereocenters. The van der Waals surface area contributed by atoms with Gasteiger partial charge in [-0.05, 0) is 32.0 Å². The van der Waals surface area contributed by atoms with E-state index in [2.05, 4.69) is 33.9 Å². The molecule has 0 aliphatic carbocycles. The Morgan fingerprint density at radius 3 is 2.44 bits per heavy atom. The Bertz CT molecular complexity index is 622. The van der Waals surface area contributed by atoms with Crippen molar-refractivity contribution in [3.63, 3.8) is 0 Å². The van der Waals surface area contributed by atoms with Gasteiger partial charge < -0.3 is 28.1 Å². The number of carbonyl (C=O) groups excluding carboxylic acids is 1. The Kier molecular flexibility index (Phi) is 5.38. The van der Waals surface area contributed by atoms with Crippen molar-refractivity contribution in [3.05, 3.63) is 11.6 Å². The molecule has 0 saturated carbocycles. The number of methoxy groups -OCH3 is 1. The van der Waals surface area contributed by atoms with E-state index in [1.54, 1.807) is 7.11 Å². The van der Waals surface area contributed by atoms with Gasteiger partial charge in [0, 0.05) is 18.8 Å². The molecule has 3 heterocycles. The molecule has 0 radical (unpaired) electrons. The summed E-state index contributed by atoms with van der Waals surface area (Å²) in [7, 11) is -0.358. The minimum Gasteiger partial charge on any atom is -0.452 e. The highest BCUT2D eigenvalue weighted by Crippen LogP contribution is 2.42. The van der Waals surface area contributed by atoms with E-state index in [9.17, 15) is 4.79 Å². The lowest BCUT2D eigenvalue weighted by atomic mass is 10.0. The first-order chi connectivity index (χ1) is 12.3. The highest BCUT2D eigenvalue weighted by molar-refractivity contribution is 6.74. The van der Waals surface area contributed by atoms with Gasteiger partial charge in [-0.1, -0.05) is 20.8 Å². The summed E-state index contributed by atoms with van der Waals surface area (Å²) >= 11 is 0. The fraction of sp³-hybridized carbons (Fsp3) is 0.842. The van der Waals surface area contributed by atoms with Gasteiger partial charge in [0.25, 0.3) is 0 Å². The summed E-state index contributed by atoms with van der Waals surface area (Å²) in [6.45, 7) is 14.9. The van der Waals surface area contributed by atoms with Gasteiger partial charge in [-0.25, -0.2) is 4.79 Å². The van der Waals surface area contributed by atoms with Gasteiger partial charge in [0.05, 0.1) is 6.61 Å². The van der Waals surface area contributed by atoms with Crippen LogP contribution in [-0.4, -0.2) is 64.5 Å². The van der Waals surface area contributed by atoms with Crippen molar-refractivity contribution in [1.82, 2.24) is 0 Å². The van der Waals surface area contributed by atoms with Crippen molar-refractivity contribution < 1.29 is 32.9 Å². The molecule has 0 bridgehead atoms. The zero-order chi connectivity index (χ0) is 20.2. The molecule has 0 aromatic carbocycles. The van der Waals surface area contributed by atoms with E-state index >= 15 is 0 Å². The zero-order valence-electron chi connectivity index (χ0n) is 17.5. The van der Waals surface area contributed by atoms with Gasteiger partial charge in [-0.3, -0.25) is 0 Å². The monoisotopic (exact) mass is 400 g/mol. The molecular weight excluding hydrogens is 368 g/mol. The minimum atomic E-state index is -1.96. The fourth-order valence-electron chi connectivity index (χ4n) is 3.37. The van der Waals surface area contributed by atoms with Crippen LogP contribution < -0.4 is 0 Å². The molecule has 0 N–H and O–H groups in total. The molecule has 0 spiro atoms. The number of hydrogen-bond donors (Lipinski definition) is 0. The SMILES string of the molecule is CO[C@@H]1[C@H]2OC(C)(C)O[C@H]2O[C@@H]1[C@H]1OC(=O)C=C1CO[Si](C)(C)C(C)(C)C. The maximum atomic E-state index is 12.0. The number of hydrogen-bond acceptors (Lipinski definition) is 7. The number of esters is 1. The summed E-state index contributed by atoms with van der Waals surface area (Å²) in [5.74, 6) is -1.11. The van der Waals surface area contributed by atoms with Crippen molar-refractivity contribution in [2.45, 2.75) is 89.2 Å². The molecule has 0 aromatic rings. The normalized spacial score (nSPS) is 35.9. The van der Waals surface area contributed by atoms with Gasteiger partial charge in [0.2, 0.25) is 0 Å². The smallest absolute Gasteiger partial charge is 0.331 e.